The minimum Gasteiger partial charge on any atom is -0.394 e. The maximum Gasteiger partial charge on any atom is 0.254 e. The maximum atomic E-state index is 13.4. The standard InChI is InChI=1S/C24H30N2O4S/c1-18(26-16-6-10-23(31(26,29)30)20-7-3-2-4-8-20)19-11-13-21(14-12-19)24(28)25-15-5-9-22(25)17-27/h2-4,7-8,11-14,18,22-23,27H,5-6,9-10,15-17H2,1H3. The fourth-order valence-electron chi connectivity index (χ4n) is 4.82. The molecule has 3 unspecified atom stereocenters. The summed E-state index contributed by atoms with van der Waals surface area (Å²) in [5.74, 6) is -0.0783. The molecular formula is C24H30N2O4S. The fourth-order valence-corrected chi connectivity index (χ4v) is 7.06. The van der Waals surface area contributed by atoms with Crippen molar-refractivity contribution in [3.8, 4) is 0 Å². The molecule has 3 atom stereocenters. The molecule has 2 saturated heterocycles. The van der Waals surface area contributed by atoms with Gasteiger partial charge in [-0.05, 0) is 55.9 Å². The number of hydrogen-bond donors (Lipinski definition) is 1. The van der Waals surface area contributed by atoms with Crippen molar-refractivity contribution >= 4 is 15.9 Å². The van der Waals surface area contributed by atoms with Crippen LogP contribution in [0, 0.1) is 0 Å². The van der Waals surface area contributed by atoms with E-state index < -0.39 is 15.3 Å². The van der Waals surface area contributed by atoms with Crippen LogP contribution in [0.2, 0.25) is 0 Å². The van der Waals surface area contributed by atoms with Crippen molar-refractivity contribution in [3.05, 3.63) is 71.3 Å². The molecule has 7 heteroatoms. The molecule has 1 N–H and O–H groups in total. The zero-order valence-electron chi connectivity index (χ0n) is 17.9. The van der Waals surface area contributed by atoms with Gasteiger partial charge in [-0.2, -0.15) is 4.31 Å². The molecule has 6 nitrogen and oxygen atoms in total. The minimum absolute atomic E-state index is 0.0176. The highest BCUT2D eigenvalue weighted by Crippen LogP contribution is 2.38. The van der Waals surface area contributed by atoms with E-state index in [-0.39, 0.29) is 24.6 Å². The van der Waals surface area contributed by atoms with Gasteiger partial charge in [-0.3, -0.25) is 4.79 Å². The number of hydrogen-bond acceptors (Lipinski definition) is 4. The Hall–Kier alpha value is -2.22. The summed E-state index contributed by atoms with van der Waals surface area (Å²) in [4.78, 5) is 14.5. The van der Waals surface area contributed by atoms with Crippen LogP contribution in [-0.2, 0) is 10.0 Å². The predicted octanol–water partition coefficient (Wildman–Crippen LogP) is 3.51. The Kier molecular flexibility index (Phi) is 6.46. The Morgan fingerprint density at radius 3 is 2.39 bits per heavy atom. The summed E-state index contributed by atoms with van der Waals surface area (Å²) < 4.78 is 28.4. The molecule has 0 spiro atoms. The Morgan fingerprint density at radius 1 is 1.03 bits per heavy atom. The second-order valence-corrected chi connectivity index (χ2v) is 10.5. The van der Waals surface area contributed by atoms with Crippen LogP contribution in [0.1, 0.15) is 65.4 Å². The normalized spacial score (nSPS) is 24.8. The first-order valence-corrected chi connectivity index (χ1v) is 12.5. The van der Waals surface area contributed by atoms with Crippen LogP contribution in [0.25, 0.3) is 0 Å². The van der Waals surface area contributed by atoms with Crippen molar-refractivity contribution in [2.24, 2.45) is 0 Å². The molecule has 2 aliphatic heterocycles. The summed E-state index contributed by atoms with van der Waals surface area (Å²) in [5.41, 5.74) is 2.28. The second kappa shape index (κ2) is 9.10. The third kappa shape index (κ3) is 4.27. The molecule has 166 valence electrons. The molecule has 1 amide bonds. The van der Waals surface area contributed by atoms with Crippen LogP contribution in [0.3, 0.4) is 0 Å². The number of carbonyl (C=O) groups excluding carboxylic acids is 1. The topological polar surface area (TPSA) is 77.9 Å². The van der Waals surface area contributed by atoms with E-state index in [0.29, 0.717) is 25.1 Å². The molecule has 0 bridgehead atoms. The number of rotatable bonds is 5. The fraction of sp³-hybridized carbons (Fsp3) is 0.458. The van der Waals surface area contributed by atoms with E-state index in [9.17, 15) is 18.3 Å². The van der Waals surface area contributed by atoms with Crippen molar-refractivity contribution in [1.29, 1.82) is 0 Å². The van der Waals surface area contributed by atoms with Crippen molar-refractivity contribution in [3.63, 3.8) is 0 Å². The smallest absolute Gasteiger partial charge is 0.254 e. The molecule has 4 rings (SSSR count). The van der Waals surface area contributed by atoms with Gasteiger partial charge in [0.2, 0.25) is 10.0 Å². The number of carbonyl (C=O) groups is 1. The molecule has 0 radical (unpaired) electrons. The third-order valence-electron chi connectivity index (χ3n) is 6.62. The van der Waals surface area contributed by atoms with E-state index >= 15 is 0 Å². The van der Waals surface area contributed by atoms with Crippen molar-refractivity contribution < 1.29 is 18.3 Å². The number of likely N-dealkylation sites (tertiary alicyclic amines) is 1. The second-order valence-electron chi connectivity index (χ2n) is 8.47. The summed E-state index contributed by atoms with van der Waals surface area (Å²) in [5, 5.41) is 8.97. The summed E-state index contributed by atoms with van der Waals surface area (Å²) in [6, 6.07) is 16.2. The van der Waals surface area contributed by atoms with Gasteiger partial charge in [0.25, 0.3) is 5.91 Å². The number of nitrogens with zero attached hydrogens (tertiary/aromatic N) is 2. The SMILES string of the molecule is CC(c1ccc(C(=O)N2CCCC2CO)cc1)N1CCCC(c2ccccc2)S1(=O)=O. The number of sulfonamides is 1. The largest absolute Gasteiger partial charge is 0.394 e. The molecule has 0 aromatic heterocycles. The first-order valence-electron chi connectivity index (χ1n) is 11.0. The van der Waals surface area contributed by atoms with Crippen molar-refractivity contribution in [2.45, 2.75) is 49.9 Å². The van der Waals surface area contributed by atoms with Gasteiger partial charge in [0.05, 0.1) is 12.6 Å². The van der Waals surface area contributed by atoms with E-state index in [2.05, 4.69) is 0 Å². The van der Waals surface area contributed by atoms with Crippen LogP contribution in [-0.4, -0.2) is 54.4 Å². The third-order valence-corrected chi connectivity index (χ3v) is 9.00. The first kappa shape index (κ1) is 22.0. The lowest BCUT2D eigenvalue weighted by Crippen LogP contribution is -2.41. The highest BCUT2D eigenvalue weighted by molar-refractivity contribution is 7.89. The van der Waals surface area contributed by atoms with E-state index in [1.165, 1.54) is 0 Å². The van der Waals surface area contributed by atoms with Gasteiger partial charge in [-0.25, -0.2) is 8.42 Å². The highest BCUT2D eigenvalue weighted by atomic mass is 32.2. The number of aliphatic hydroxyl groups excluding tert-OH is 1. The molecule has 31 heavy (non-hydrogen) atoms. The predicted molar refractivity (Wildman–Crippen MR) is 120 cm³/mol. The minimum atomic E-state index is -3.48. The zero-order chi connectivity index (χ0) is 22.0. The Balaban J connectivity index is 1.52. The maximum absolute atomic E-state index is 13.4. The lowest BCUT2D eigenvalue weighted by atomic mass is 10.0. The number of aliphatic hydroxyl groups is 1. The molecule has 0 saturated carbocycles. The lowest BCUT2D eigenvalue weighted by Gasteiger charge is -2.36. The van der Waals surface area contributed by atoms with Crippen LogP contribution < -0.4 is 0 Å². The van der Waals surface area contributed by atoms with Gasteiger partial charge in [-0.1, -0.05) is 42.5 Å². The van der Waals surface area contributed by atoms with E-state index in [1.54, 1.807) is 21.3 Å². The van der Waals surface area contributed by atoms with Crippen LogP contribution in [0.4, 0.5) is 0 Å². The highest BCUT2D eigenvalue weighted by Gasteiger charge is 2.39. The molecule has 2 aromatic rings. The molecule has 2 aliphatic rings. The monoisotopic (exact) mass is 442 g/mol. The van der Waals surface area contributed by atoms with Gasteiger partial charge in [0.15, 0.2) is 0 Å². The Labute approximate surface area is 184 Å². The number of amides is 1. The Bertz CT molecular complexity index is 1010. The van der Waals surface area contributed by atoms with Gasteiger partial charge < -0.3 is 10.0 Å². The van der Waals surface area contributed by atoms with Crippen LogP contribution in [0.5, 0.6) is 0 Å². The van der Waals surface area contributed by atoms with Gasteiger partial charge in [0, 0.05) is 24.7 Å². The van der Waals surface area contributed by atoms with Crippen LogP contribution >= 0.6 is 0 Å². The van der Waals surface area contributed by atoms with Crippen LogP contribution in [0.15, 0.2) is 54.6 Å². The van der Waals surface area contributed by atoms with E-state index in [0.717, 1.165) is 30.4 Å². The quantitative estimate of drug-likeness (QED) is 0.769. The Morgan fingerprint density at radius 2 is 1.71 bits per heavy atom. The van der Waals surface area contributed by atoms with Crippen molar-refractivity contribution in [2.75, 3.05) is 19.7 Å². The molecule has 2 aromatic carbocycles. The molecular weight excluding hydrogens is 412 g/mol. The first-order chi connectivity index (χ1) is 14.9. The van der Waals surface area contributed by atoms with E-state index in [4.69, 9.17) is 0 Å². The molecule has 0 aliphatic carbocycles. The average molecular weight is 443 g/mol. The number of benzene rings is 2. The van der Waals surface area contributed by atoms with Gasteiger partial charge >= 0.3 is 0 Å². The summed E-state index contributed by atoms with van der Waals surface area (Å²) in [6.45, 7) is 3.05. The summed E-state index contributed by atoms with van der Waals surface area (Å²) >= 11 is 0. The van der Waals surface area contributed by atoms with E-state index in [1.807, 2.05) is 49.4 Å². The average Bonchev–Trinajstić information content (AvgIpc) is 3.27. The van der Waals surface area contributed by atoms with Gasteiger partial charge in [-0.15, -0.1) is 0 Å². The zero-order valence-corrected chi connectivity index (χ0v) is 18.7. The van der Waals surface area contributed by atoms with Crippen molar-refractivity contribution in [1.82, 2.24) is 9.21 Å². The molecule has 2 fully saturated rings. The summed E-state index contributed by atoms with van der Waals surface area (Å²) in [6.07, 6.45) is 3.18. The van der Waals surface area contributed by atoms with Gasteiger partial charge in [0.1, 0.15) is 5.25 Å². The lowest BCUT2D eigenvalue weighted by molar-refractivity contribution is 0.0677. The summed E-state index contributed by atoms with van der Waals surface area (Å²) in [7, 11) is -3.48. The molecule has 2 heterocycles.